The lowest BCUT2D eigenvalue weighted by atomic mass is 10.1. The number of nitro groups is 1. The molecule has 3 rings (SSSR count). The van der Waals surface area contributed by atoms with E-state index in [-0.39, 0.29) is 54.9 Å². The number of carbonyl (C=O) groups is 2. The van der Waals surface area contributed by atoms with Gasteiger partial charge in [0.25, 0.3) is 11.6 Å². The number of fused-ring (bicyclic) bond motifs is 1. The maximum atomic E-state index is 12.7. The van der Waals surface area contributed by atoms with Crippen LogP contribution in [-0.2, 0) is 9.59 Å². The van der Waals surface area contributed by atoms with Gasteiger partial charge in [-0.05, 0) is 19.9 Å². The number of amides is 2. The van der Waals surface area contributed by atoms with Crippen LogP contribution in [-0.4, -0.2) is 60.0 Å². The average molecular weight is 385 g/mol. The van der Waals surface area contributed by atoms with E-state index in [1.807, 2.05) is 13.8 Å². The first-order chi connectivity index (χ1) is 11.9. The van der Waals surface area contributed by atoms with Crippen LogP contribution in [0.4, 0.5) is 11.4 Å². The van der Waals surface area contributed by atoms with Crippen molar-refractivity contribution in [1.82, 2.24) is 10.2 Å². The lowest BCUT2D eigenvalue weighted by molar-refractivity contribution is -0.384. The molecule has 2 aliphatic heterocycles. The van der Waals surface area contributed by atoms with Crippen LogP contribution < -0.4 is 15.0 Å². The third-order valence-electron chi connectivity index (χ3n) is 4.74. The second kappa shape index (κ2) is 7.88. The number of benzene rings is 1. The molecule has 2 atom stereocenters. The van der Waals surface area contributed by atoms with Gasteiger partial charge in [0.15, 0.2) is 6.61 Å². The van der Waals surface area contributed by atoms with Gasteiger partial charge in [-0.3, -0.25) is 24.6 Å². The molecule has 0 aliphatic carbocycles. The molecule has 0 spiro atoms. The van der Waals surface area contributed by atoms with E-state index in [0.29, 0.717) is 18.8 Å². The molecule has 0 saturated carbocycles. The highest BCUT2D eigenvalue weighted by molar-refractivity contribution is 6.02. The van der Waals surface area contributed by atoms with E-state index < -0.39 is 10.8 Å². The summed E-state index contributed by atoms with van der Waals surface area (Å²) in [5.74, 6) is -0.217. The number of hydrogen-bond acceptors (Lipinski definition) is 6. The Morgan fingerprint density at radius 3 is 2.85 bits per heavy atom. The molecule has 0 radical (unpaired) electrons. The van der Waals surface area contributed by atoms with Gasteiger partial charge in [0.1, 0.15) is 12.3 Å². The van der Waals surface area contributed by atoms with Crippen molar-refractivity contribution in [2.24, 2.45) is 0 Å². The number of carbonyl (C=O) groups excluding carboxylic acids is 2. The Morgan fingerprint density at radius 1 is 1.42 bits per heavy atom. The first kappa shape index (κ1) is 19.9. The third-order valence-corrected chi connectivity index (χ3v) is 4.74. The van der Waals surface area contributed by atoms with E-state index in [2.05, 4.69) is 5.32 Å². The summed E-state index contributed by atoms with van der Waals surface area (Å²) in [5.41, 5.74) is 0.105. The Kier molecular flexibility index (Phi) is 6.04. The summed E-state index contributed by atoms with van der Waals surface area (Å²) in [4.78, 5) is 38.4. The van der Waals surface area contributed by atoms with E-state index in [0.717, 1.165) is 0 Å². The zero-order chi connectivity index (χ0) is 18.1. The van der Waals surface area contributed by atoms with Crippen molar-refractivity contribution >= 4 is 35.6 Å². The molecule has 1 fully saturated rings. The van der Waals surface area contributed by atoms with Crippen LogP contribution in [0.3, 0.4) is 0 Å². The highest BCUT2D eigenvalue weighted by atomic mass is 35.5. The molecule has 1 N–H and O–H groups in total. The topological polar surface area (TPSA) is 105 Å². The molecule has 2 unspecified atom stereocenters. The number of non-ortho nitro benzene ring substituents is 1. The molecule has 142 valence electrons. The molecule has 2 aliphatic rings. The van der Waals surface area contributed by atoms with Crippen molar-refractivity contribution < 1.29 is 19.2 Å². The average Bonchev–Trinajstić information content (AvgIpc) is 2.59. The van der Waals surface area contributed by atoms with Crippen molar-refractivity contribution in [1.29, 1.82) is 0 Å². The zero-order valence-electron chi connectivity index (χ0n) is 14.5. The van der Waals surface area contributed by atoms with Gasteiger partial charge in [-0.1, -0.05) is 0 Å². The number of piperazine rings is 1. The Hall–Kier alpha value is -2.39. The van der Waals surface area contributed by atoms with Crippen molar-refractivity contribution in [3.63, 3.8) is 0 Å². The smallest absolute Gasteiger partial charge is 0.271 e. The molecule has 9 nitrogen and oxygen atoms in total. The minimum atomic E-state index is -0.542. The predicted molar refractivity (Wildman–Crippen MR) is 96.8 cm³/mol. The fourth-order valence-corrected chi connectivity index (χ4v) is 3.11. The largest absolute Gasteiger partial charge is 0.482 e. The molecule has 1 aromatic carbocycles. The molecule has 1 aromatic rings. The van der Waals surface area contributed by atoms with Gasteiger partial charge in [-0.2, -0.15) is 0 Å². The fourth-order valence-electron chi connectivity index (χ4n) is 3.11. The predicted octanol–water partition coefficient (Wildman–Crippen LogP) is 0.951. The SMILES string of the molecule is CC1NCCN(C(=O)CN2C(=O)COc3ccc([N+](=O)[O-])cc32)C1C.Cl. The van der Waals surface area contributed by atoms with E-state index >= 15 is 0 Å². The van der Waals surface area contributed by atoms with Gasteiger partial charge >= 0.3 is 0 Å². The minimum Gasteiger partial charge on any atom is -0.482 e. The number of halogens is 1. The van der Waals surface area contributed by atoms with Gasteiger partial charge in [0, 0.05) is 37.3 Å². The number of nitrogens with one attached hydrogen (secondary N) is 1. The quantitative estimate of drug-likeness (QED) is 0.614. The van der Waals surface area contributed by atoms with Gasteiger partial charge in [-0.15, -0.1) is 12.4 Å². The molecular formula is C16H21ClN4O5. The van der Waals surface area contributed by atoms with Gasteiger partial charge in [0.2, 0.25) is 5.91 Å². The molecule has 1 saturated heterocycles. The Morgan fingerprint density at radius 2 is 2.15 bits per heavy atom. The summed E-state index contributed by atoms with van der Waals surface area (Å²) < 4.78 is 5.32. The van der Waals surface area contributed by atoms with Crippen molar-refractivity contribution in [3.05, 3.63) is 28.3 Å². The summed E-state index contributed by atoms with van der Waals surface area (Å²) in [7, 11) is 0. The summed E-state index contributed by atoms with van der Waals surface area (Å²) in [5, 5.41) is 14.3. The van der Waals surface area contributed by atoms with Crippen LogP contribution in [0.1, 0.15) is 13.8 Å². The molecule has 2 amide bonds. The molecule has 2 heterocycles. The molecule has 0 bridgehead atoms. The van der Waals surface area contributed by atoms with Crippen molar-refractivity contribution in [2.75, 3.05) is 31.1 Å². The Bertz CT molecular complexity index is 729. The van der Waals surface area contributed by atoms with Crippen LogP contribution in [0.2, 0.25) is 0 Å². The number of nitrogens with zero attached hydrogens (tertiary/aromatic N) is 3. The maximum absolute atomic E-state index is 12.7. The third kappa shape index (κ3) is 3.73. The first-order valence-electron chi connectivity index (χ1n) is 8.13. The highest BCUT2D eigenvalue weighted by Gasteiger charge is 2.33. The van der Waals surface area contributed by atoms with E-state index in [4.69, 9.17) is 4.74 Å². The van der Waals surface area contributed by atoms with E-state index in [9.17, 15) is 19.7 Å². The Labute approximate surface area is 156 Å². The summed E-state index contributed by atoms with van der Waals surface area (Å²) in [6.45, 7) is 4.86. The number of ether oxygens (including phenoxy) is 1. The number of nitro benzene ring substituents is 1. The van der Waals surface area contributed by atoms with Crippen LogP contribution in [0.15, 0.2) is 18.2 Å². The maximum Gasteiger partial charge on any atom is 0.271 e. The normalized spacial score (nSPS) is 22.2. The summed E-state index contributed by atoms with van der Waals surface area (Å²) in [6, 6.07) is 4.19. The highest BCUT2D eigenvalue weighted by Crippen LogP contribution is 2.35. The number of rotatable bonds is 3. The fraction of sp³-hybridized carbons (Fsp3) is 0.500. The molecule has 10 heteroatoms. The van der Waals surface area contributed by atoms with Gasteiger partial charge < -0.3 is 15.0 Å². The van der Waals surface area contributed by atoms with Crippen molar-refractivity contribution in [2.45, 2.75) is 25.9 Å². The zero-order valence-corrected chi connectivity index (χ0v) is 15.3. The summed E-state index contributed by atoms with van der Waals surface area (Å²) >= 11 is 0. The monoisotopic (exact) mass is 384 g/mol. The Balaban J connectivity index is 0.00000243. The molecular weight excluding hydrogens is 364 g/mol. The first-order valence-corrected chi connectivity index (χ1v) is 8.13. The van der Waals surface area contributed by atoms with Crippen molar-refractivity contribution in [3.8, 4) is 5.75 Å². The van der Waals surface area contributed by atoms with Crippen LogP contribution in [0.5, 0.6) is 5.75 Å². The molecule has 0 aromatic heterocycles. The lowest BCUT2D eigenvalue weighted by Gasteiger charge is -2.40. The number of hydrogen-bond donors (Lipinski definition) is 1. The van der Waals surface area contributed by atoms with Crippen LogP contribution in [0, 0.1) is 10.1 Å². The van der Waals surface area contributed by atoms with E-state index in [1.165, 1.54) is 23.1 Å². The summed E-state index contributed by atoms with van der Waals surface area (Å²) in [6.07, 6.45) is 0. The lowest BCUT2D eigenvalue weighted by Crippen LogP contribution is -2.59. The minimum absolute atomic E-state index is 0. The number of anilines is 1. The second-order valence-corrected chi connectivity index (χ2v) is 6.25. The van der Waals surface area contributed by atoms with Gasteiger partial charge in [-0.25, -0.2) is 0 Å². The standard InChI is InChI=1S/C16H20N4O5.ClH/c1-10-11(2)18(6-5-17-10)15(21)8-19-13-7-12(20(23)24)3-4-14(13)25-9-16(19)22;/h3-4,7,10-11,17H,5-6,8-9H2,1-2H3;1H. The van der Waals surface area contributed by atoms with Crippen LogP contribution in [0.25, 0.3) is 0 Å². The molecule has 26 heavy (non-hydrogen) atoms. The van der Waals surface area contributed by atoms with Crippen LogP contribution >= 0.6 is 12.4 Å². The van der Waals surface area contributed by atoms with E-state index in [1.54, 1.807) is 4.90 Å². The van der Waals surface area contributed by atoms with Gasteiger partial charge in [0.05, 0.1) is 10.6 Å². The second-order valence-electron chi connectivity index (χ2n) is 6.25.